The van der Waals surface area contributed by atoms with E-state index >= 15 is 0 Å². The van der Waals surface area contributed by atoms with E-state index < -0.39 is 11.6 Å². The van der Waals surface area contributed by atoms with Crippen LogP contribution in [0, 0.1) is 17.2 Å². The molecule has 1 aliphatic rings. The molecule has 120 valence electrons. The lowest BCUT2D eigenvalue weighted by molar-refractivity contribution is -0.154. The van der Waals surface area contributed by atoms with Crippen LogP contribution in [-0.4, -0.2) is 22.7 Å². The van der Waals surface area contributed by atoms with E-state index in [2.05, 4.69) is 11.1 Å². The van der Waals surface area contributed by atoms with Crippen LogP contribution in [0.25, 0.3) is 10.9 Å². The van der Waals surface area contributed by atoms with Gasteiger partial charge in [0.25, 0.3) is 0 Å². The van der Waals surface area contributed by atoms with Crippen molar-refractivity contribution in [2.24, 2.45) is 5.92 Å². The highest BCUT2D eigenvalue weighted by atomic mass is 35.5. The normalized spacial score (nSPS) is 20.5. The fourth-order valence-electron chi connectivity index (χ4n) is 3.47. The number of aromatic amines is 1. The van der Waals surface area contributed by atoms with Crippen LogP contribution in [0.5, 0.6) is 0 Å². The van der Waals surface area contributed by atoms with Crippen molar-refractivity contribution >= 4 is 28.5 Å². The van der Waals surface area contributed by atoms with Crippen LogP contribution in [0.1, 0.15) is 37.1 Å². The van der Waals surface area contributed by atoms with Gasteiger partial charge in [0, 0.05) is 5.39 Å². The number of H-pyrrole nitrogens is 1. The first kappa shape index (κ1) is 15.9. The summed E-state index contributed by atoms with van der Waals surface area (Å²) in [6.07, 6.45) is 0.489. The van der Waals surface area contributed by atoms with Crippen LogP contribution in [0.15, 0.2) is 12.1 Å². The summed E-state index contributed by atoms with van der Waals surface area (Å²) in [5.41, 5.74) is 1.96. The number of ether oxygens (including phenoxy) is 1. The highest BCUT2D eigenvalue weighted by Gasteiger charge is 2.45. The smallest absolute Gasteiger partial charge is 0.306 e. The number of carboxylic acids is 1. The van der Waals surface area contributed by atoms with Crippen molar-refractivity contribution in [1.29, 1.82) is 5.26 Å². The number of carbonyl (C=O) groups is 1. The van der Waals surface area contributed by atoms with Crippen LogP contribution in [0.2, 0.25) is 5.02 Å². The number of nitriles is 1. The second kappa shape index (κ2) is 5.55. The molecular formula is C17H17ClN2O3. The lowest BCUT2D eigenvalue weighted by Gasteiger charge is -2.39. The first-order valence-corrected chi connectivity index (χ1v) is 7.88. The molecule has 1 aliphatic heterocycles. The van der Waals surface area contributed by atoms with Crippen LogP contribution >= 0.6 is 11.6 Å². The molecule has 0 unspecified atom stereocenters. The predicted octanol–water partition coefficient (Wildman–Crippen LogP) is 3.59. The van der Waals surface area contributed by atoms with E-state index in [0.29, 0.717) is 29.1 Å². The first-order valence-electron chi connectivity index (χ1n) is 7.50. The Bertz CT molecular complexity index is 834. The largest absolute Gasteiger partial charge is 0.481 e. The maximum absolute atomic E-state index is 11.4. The summed E-state index contributed by atoms with van der Waals surface area (Å²) in [6, 6.07) is 5.57. The summed E-state index contributed by atoms with van der Waals surface area (Å²) in [6.45, 7) is 4.30. The van der Waals surface area contributed by atoms with Crippen LogP contribution < -0.4 is 0 Å². The number of benzene rings is 1. The zero-order chi connectivity index (χ0) is 16.8. The number of fused-ring (bicyclic) bond motifs is 3. The molecule has 1 atom stereocenters. The fraction of sp³-hybridized carbons (Fsp3) is 0.412. The third-order valence-electron chi connectivity index (χ3n) is 4.61. The lowest BCUT2D eigenvalue weighted by atomic mass is 9.79. The van der Waals surface area contributed by atoms with Gasteiger partial charge in [0.1, 0.15) is 5.60 Å². The Kier molecular flexibility index (Phi) is 3.83. The van der Waals surface area contributed by atoms with Gasteiger partial charge in [-0.2, -0.15) is 5.26 Å². The molecule has 0 bridgehead atoms. The average Bonchev–Trinajstić information content (AvgIpc) is 2.89. The average molecular weight is 333 g/mol. The van der Waals surface area contributed by atoms with Crippen molar-refractivity contribution in [3.63, 3.8) is 0 Å². The van der Waals surface area contributed by atoms with Gasteiger partial charge in [-0.1, -0.05) is 25.4 Å². The molecule has 0 fully saturated rings. The highest BCUT2D eigenvalue weighted by molar-refractivity contribution is 6.35. The van der Waals surface area contributed by atoms with E-state index in [0.717, 1.165) is 16.6 Å². The monoisotopic (exact) mass is 332 g/mol. The van der Waals surface area contributed by atoms with Gasteiger partial charge in [-0.15, -0.1) is 0 Å². The van der Waals surface area contributed by atoms with E-state index in [4.69, 9.17) is 16.3 Å². The van der Waals surface area contributed by atoms with Gasteiger partial charge < -0.3 is 14.8 Å². The molecule has 5 nitrogen and oxygen atoms in total. The summed E-state index contributed by atoms with van der Waals surface area (Å²) < 4.78 is 5.97. The standard InChI is InChI=1S/C17H17ClN2O3/c1-9(2)17(7-13(21)22)16-11(5-6-23-17)14-10(8-19)3-4-12(18)15(14)20-16/h3-4,9,20H,5-7H2,1-2H3,(H,21,22)/t17-/m0/s1. The van der Waals surface area contributed by atoms with Crippen LogP contribution in [-0.2, 0) is 21.6 Å². The van der Waals surface area contributed by atoms with E-state index in [1.807, 2.05) is 13.8 Å². The molecular weight excluding hydrogens is 316 g/mol. The van der Waals surface area contributed by atoms with Gasteiger partial charge >= 0.3 is 5.97 Å². The number of nitrogens with one attached hydrogen (secondary N) is 1. The van der Waals surface area contributed by atoms with E-state index in [1.54, 1.807) is 12.1 Å². The minimum Gasteiger partial charge on any atom is -0.481 e. The molecule has 0 radical (unpaired) electrons. The molecule has 0 saturated carbocycles. The second-order valence-corrected chi connectivity index (χ2v) is 6.56. The maximum atomic E-state index is 11.4. The number of aromatic nitrogens is 1. The minimum atomic E-state index is -0.936. The lowest BCUT2D eigenvalue weighted by Crippen LogP contribution is -2.42. The quantitative estimate of drug-likeness (QED) is 0.899. The zero-order valence-corrected chi connectivity index (χ0v) is 13.7. The highest BCUT2D eigenvalue weighted by Crippen LogP contribution is 2.45. The molecule has 2 aromatic rings. The molecule has 0 saturated heterocycles. The SMILES string of the molecule is CC(C)[C@]1(CC(=O)O)OCCc2c1[nH]c1c(Cl)ccc(C#N)c21. The number of carboxylic acid groups (broad SMARTS) is 1. The number of aliphatic carboxylic acids is 1. The Balaban J connectivity index is 2.35. The Labute approximate surface area is 138 Å². The molecule has 3 rings (SSSR count). The minimum absolute atomic E-state index is 0.0463. The summed E-state index contributed by atoms with van der Waals surface area (Å²) in [5, 5.41) is 20.1. The van der Waals surface area contributed by atoms with Crippen LogP contribution in [0.4, 0.5) is 0 Å². The molecule has 23 heavy (non-hydrogen) atoms. The third-order valence-corrected chi connectivity index (χ3v) is 4.92. The predicted molar refractivity (Wildman–Crippen MR) is 86.4 cm³/mol. The van der Waals surface area contributed by atoms with Gasteiger partial charge in [0.15, 0.2) is 0 Å². The number of hydrogen-bond acceptors (Lipinski definition) is 3. The fourth-order valence-corrected chi connectivity index (χ4v) is 3.68. The summed E-state index contributed by atoms with van der Waals surface area (Å²) in [4.78, 5) is 14.7. The molecule has 0 spiro atoms. The Morgan fingerprint density at radius 1 is 1.57 bits per heavy atom. The third kappa shape index (κ3) is 2.30. The molecule has 2 N–H and O–H groups in total. The Morgan fingerprint density at radius 2 is 2.30 bits per heavy atom. The number of halogens is 1. The molecule has 2 heterocycles. The molecule has 0 aliphatic carbocycles. The summed E-state index contributed by atoms with van der Waals surface area (Å²) >= 11 is 6.29. The van der Waals surface area contributed by atoms with Crippen molar-refractivity contribution in [1.82, 2.24) is 4.98 Å². The van der Waals surface area contributed by atoms with Crippen molar-refractivity contribution in [2.75, 3.05) is 6.61 Å². The van der Waals surface area contributed by atoms with Gasteiger partial charge in [0.05, 0.1) is 40.9 Å². The van der Waals surface area contributed by atoms with E-state index in [9.17, 15) is 15.2 Å². The maximum Gasteiger partial charge on any atom is 0.306 e. The first-order chi connectivity index (χ1) is 10.9. The Hall–Kier alpha value is -2.03. The van der Waals surface area contributed by atoms with E-state index in [1.165, 1.54) is 0 Å². The van der Waals surface area contributed by atoms with Gasteiger partial charge in [-0.25, -0.2) is 0 Å². The molecule has 6 heteroatoms. The second-order valence-electron chi connectivity index (χ2n) is 6.15. The van der Waals surface area contributed by atoms with Crippen molar-refractivity contribution in [3.05, 3.63) is 34.0 Å². The summed E-state index contributed by atoms with van der Waals surface area (Å²) in [5.74, 6) is -0.966. The molecule has 0 amide bonds. The van der Waals surface area contributed by atoms with Crippen molar-refractivity contribution < 1.29 is 14.6 Å². The molecule has 1 aromatic heterocycles. The number of hydrogen-bond donors (Lipinski definition) is 2. The van der Waals surface area contributed by atoms with Crippen molar-refractivity contribution in [3.8, 4) is 6.07 Å². The summed E-state index contributed by atoms with van der Waals surface area (Å²) in [7, 11) is 0. The topological polar surface area (TPSA) is 86.1 Å². The van der Waals surface area contributed by atoms with Crippen LogP contribution in [0.3, 0.4) is 0 Å². The number of nitrogens with zero attached hydrogens (tertiary/aromatic N) is 1. The number of rotatable bonds is 3. The van der Waals surface area contributed by atoms with Crippen molar-refractivity contribution in [2.45, 2.75) is 32.3 Å². The Morgan fingerprint density at radius 3 is 2.91 bits per heavy atom. The van der Waals surface area contributed by atoms with E-state index in [-0.39, 0.29) is 12.3 Å². The van der Waals surface area contributed by atoms with Gasteiger partial charge in [-0.3, -0.25) is 4.79 Å². The molecule has 1 aromatic carbocycles. The van der Waals surface area contributed by atoms with Gasteiger partial charge in [0.2, 0.25) is 0 Å². The zero-order valence-electron chi connectivity index (χ0n) is 12.9. The van der Waals surface area contributed by atoms with Gasteiger partial charge in [-0.05, 0) is 30.0 Å².